The normalized spacial score (nSPS) is 18.0. The summed E-state index contributed by atoms with van der Waals surface area (Å²) in [6.07, 6.45) is 2.03. The molecule has 1 amide bonds. The van der Waals surface area contributed by atoms with Gasteiger partial charge in [-0.2, -0.15) is 0 Å². The highest BCUT2D eigenvalue weighted by Gasteiger charge is 2.16. The standard InChI is InChI=1S/C16H17ClN2O2/c17-15-9-13(12-3-1-2-4-14(12)19-15)16(20)18-7-5-11-6-8-21-10-11/h1-4,9,11H,5-8,10H2,(H,18,20). The van der Waals surface area contributed by atoms with Crippen molar-refractivity contribution >= 4 is 28.4 Å². The van der Waals surface area contributed by atoms with Crippen molar-refractivity contribution in [2.75, 3.05) is 19.8 Å². The molecule has 4 nitrogen and oxygen atoms in total. The summed E-state index contributed by atoms with van der Waals surface area (Å²) in [6.45, 7) is 2.30. The molecule has 1 aromatic heterocycles. The van der Waals surface area contributed by atoms with E-state index in [1.54, 1.807) is 6.07 Å². The minimum absolute atomic E-state index is 0.102. The molecule has 1 unspecified atom stereocenters. The molecule has 1 atom stereocenters. The lowest BCUT2D eigenvalue weighted by atomic mass is 10.0. The van der Waals surface area contributed by atoms with Crippen LogP contribution in [0.5, 0.6) is 0 Å². The number of pyridine rings is 1. The van der Waals surface area contributed by atoms with Crippen LogP contribution in [-0.2, 0) is 4.74 Å². The third kappa shape index (κ3) is 3.34. The first-order valence-electron chi connectivity index (χ1n) is 7.15. The monoisotopic (exact) mass is 304 g/mol. The molecule has 2 heterocycles. The fourth-order valence-electron chi connectivity index (χ4n) is 2.63. The fourth-order valence-corrected chi connectivity index (χ4v) is 2.83. The van der Waals surface area contributed by atoms with E-state index in [0.29, 0.717) is 23.2 Å². The molecule has 1 aliphatic heterocycles. The van der Waals surface area contributed by atoms with E-state index in [4.69, 9.17) is 16.3 Å². The molecule has 110 valence electrons. The minimum atomic E-state index is -0.102. The molecule has 1 fully saturated rings. The van der Waals surface area contributed by atoms with Crippen LogP contribution in [0.15, 0.2) is 30.3 Å². The Labute approximate surface area is 128 Å². The molecule has 0 bridgehead atoms. The lowest BCUT2D eigenvalue weighted by Gasteiger charge is -2.10. The maximum atomic E-state index is 12.4. The number of amides is 1. The fraction of sp³-hybridized carbons (Fsp3) is 0.375. The van der Waals surface area contributed by atoms with E-state index < -0.39 is 0 Å². The number of rotatable bonds is 4. The van der Waals surface area contributed by atoms with Crippen LogP contribution in [0.2, 0.25) is 5.15 Å². The zero-order chi connectivity index (χ0) is 14.7. The van der Waals surface area contributed by atoms with Gasteiger partial charge in [0, 0.05) is 25.1 Å². The van der Waals surface area contributed by atoms with Gasteiger partial charge in [-0.05, 0) is 30.9 Å². The molecule has 1 aromatic carbocycles. The van der Waals surface area contributed by atoms with Gasteiger partial charge in [-0.15, -0.1) is 0 Å². The number of nitrogens with one attached hydrogen (secondary N) is 1. The average molecular weight is 305 g/mol. The number of benzene rings is 1. The van der Waals surface area contributed by atoms with E-state index in [1.165, 1.54) is 0 Å². The average Bonchev–Trinajstić information content (AvgIpc) is 2.99. The number of carbonyl (C=O) groups excluding carboxylic acids is 1. The summed E-state index contributed by atoms with van der Waals surface area (Å²) in [7, 11) is 0. The third-order valence-electron chi connectivity index (χ3n) is 3.79. The maximum Gasteiger partial charge on any atom is 0.252 e. The Bertz CT molecular complexity index is 654. The van der Waals surface area contributed by atoms with Crippen LogP contribution < -0.4 is 5.32 Å². The summed E-state index contributed by atoms with van der Waals surface area (Å²) in [5.74, 6) is 0.456. The van der Waals surface area contributed by atoms with E-state index >= 15 is 0 Å². The number of para-hydroxylation sites is 1. The zero-order valence-corrected chi connectivity index (χ0v) is 12.4. The highest BCUT2D eigenvalue weighted by molar-refractivity contribution is 6.30. The predicted molar refractivity (Wildman–Crippen MR) is 82.6 cm³/mol. The number of carbonyl (C=O) groups is 1. The summed E-state index contributed by atoms with van der Waals surface area (Å²) >= 11 is 6.00. The van der Waals surface area contributed by atoms with E-state index in [9.17, 15) is 4.79 Å². The second kappa shape index (κ2) is 6.41. The number of nitrogens with zero attached hydrogens (tertiary/aromatic N) is 1. The molecule has 21 heavy (non-hydrogen) atoms. The van der Waals surface area contributed by atoms with Gasteiger partial charge in [0.15, 0.2) is 0 Å². The zero-order valence-electron chi connectivity index (χ0n) is 11.6. The van der Waals surface area contributed by atoms with Crippen molar-refractivity contribution < 1.29 is 9.53 Å². The minimum Gasteiger partial charge on any atom is -0.381 e. The van der Waals surface area contributed by atoms with Crippen molar-refractivity contribution in [3.8, 4) is 0 Å². The van der Waals surface area contributed by atoms with Gasteiger partial charge < -0.3 is 10.1 Å². The molecule has 0 spiro atoms. The summed E-state index contributed by atoms with van der Waals surface area (Å²) in [6, 6.07) is 9.14. The quantitative estimate of drug-likeness (QED) is 0.883. The number of halogens is 1. The molecular weight excluding hydrogens is 288 g/mol. The summed E-state index contributed by atoms with van der Waals surface area (Å²) in [5.41, 5.74) is 1.31. The van der Waals surface area contributed by atoms with Crippen molar-refractivity contribution in [3.63, 3.8) is 0 Å². The van der Waals surface area contributed by atoms with E-state index in [1.807, 2.05) is 24.3 Å². The largest absolute Gasteiger partial charge is 0.381 e. The first-order chi connectivity index (χ1) is 10.2. The second-order valence-electron chi connectivity index (χ2n) is 5.28. The lowest BCUT2D eigenvalue weighted by Crippen LogP contribution is -2.26. The molecule has 2 aromatic rings. The van der Waals surface area contributed by atoms with Gasteiger partial charge in [0.05, 0.1) is 11.1 Å². The Morgan fingerprint density at radius 1 is 1.43 bits per heavy atom. The van der Waals surface area contributed by atoms with Crippen molar-refractivity contribution in [1.29, 1.82) is 0 Å². The Balaban J connectivity index is 1.71. The van der Waals surface area contributed by atoms with E-state index in [-0.39, 0.29) is 5.91 Å². The number of hydrogen-bond acceptors (Lipinski definition) is 3. The van der Waals surface area contributed by atoms with Crippen LogP contribution in [0.3, 0.4) is 0 Å². The molecule has 1 N–H and O–H groups in total. The summed E-state index contributed by atoms with van der Waals surface area (Å²) in [5, 5.41) is 4.12. The smallest absolute Gasteiger partial charge is 0.252 e. The maximum absolute atomic E-state index is 12.4. The van der Waals surface area contributed by atoms with E-state index in [0.717, 1.165) is 37.0 Å². The first-order valence-corrected chi connectivity index (χ1v) is 7.53. The highest BCUT2D eigenvalue weighted by Crippen LogP contribution is 2.21. The molecule has 3 rings (SSSR count). The van der Waals surface area contributed by atoms with Crippen molar-refractivity contribution in [2.45, 2.75) is 12.8 Å². The SMILES string of the molecule is O=C(NCCC1CCOC1)c1cc(Cl)nc2ccccc12. The van der Waals surface area contributed by atoms with E-state index in [2.05, 4.69) is 10.3 Å². The molecular formula is C16H17ClN2O2. The molecule has 0 radical (unpaired) electrons. The van der Waals surface area contributed by atoms with Gasteiger partial charge in [0.25, 0.3) is 5.91 Å². The van der Waals surface area contributed by atoms with Crippen molar-refractivity contribution in [1.82, 2.24) is 10.3 Å². The Hall–Kier alpha value is -1.65. The van der Waals surface area contributed by atoms with Gasteiger partial charge in [0.1, 0.15) is 5.15 Å². The highest BCUT2D eigenvalue weighted by atomic mass is 35.5. The number of hydrogen-bond donors (Lipinski definition) is 1. The van der Waals surface area contributed by atoms with Crippen LogP contribution in [0.4, 0.5) is 0 Å². The molecule has 0 aliphatic carbocycles. The van der Waals surface area contributed by atoms with Crippen LogP contribution in [0.25, 0.3) is 10.9 Å². The van der Waals surface area contributed by atoms with Gasteiger partial charge in [-0.1, -0.05) is 29.8 Å². The summed E-state index contributed by atoms with van der Waals surface area (Å²) in [4.78, 5) is 16.6. The van der Waals surface area contributed by atoms with Gasteiger partial charge in [-0.3, -0.25) is 4.79 Å². The van der Waals surface area contributed by atoms with Crippen LogP contribution in [0.1, 0.15) is 23.2 Å². The first kappa shape index (κ1) is 14.3. The topological polar surface area (TPSA) is 51.2 Å². The van der Waals surface area contributed by atoms with Crippen molar-refractivity contribution in [3.05, 3.63) is 41.0 Å². The van der Waals surface area contributed by atoms with Gasteiger partial charge in [-0.25, -0.2) is 4.98 Å². The van der Waals surface area contributed by atoms with Crippen molar-refractivity contribution in [2.24, 2.45) is 5.92 Å². The van der Waals surface area contributed by atoms with Crippen LogP contribution >= 0.6 is 11.6 Å². The lowest BCUT2D eigenvalue weighted by molar-refractivity contribution is 0.0952. The number of fused-ring (bicyclic) bond motifs is 1. The van der Waals surface area contributed by atoms with Crippen LogP contribution in [-0.4, -0.2) is 30.6 Å². The number of aromatic nitrogens is 1. The molecule has 1 aliphatic rings. The third-order valence-corrected chi connectivity index (χ3v) is 3.99. The second-order valence-corrected chi connectivity index (χ2v) is 5.67. The Morgan fingerprint density at radius 2 is 2.29 bits per heavy atom. The summed E-state index contributed by atoms with van der Waals surface area (Å²) < 4.78 is 5.33. The van der Waals surface area contributed by atoms with Crippen LogP contribution in [0, 0.1) is 5.92 Å². The van der Waals surface area contributed by atoms with Gasteiger partial charge >= 0.3 is 0 Å². The Morgan fingerprint density at radius 3 is 3.10 bits per heavy atom. The predicted octanol–water partition coefficient (Wildman–Crippen LogP) is 3.04. The number of ether oxygens (including phenoxy) is 1. The molecule has 1 saturated heterocycles. The Kier molecular flexibility index (Phi) is 4.36. The molecule has 0 saturated carbocycles. The van der Waals surface area contributed by atoms with Gasteiger partial charge in [0.2, 0.25) is 0 Å². The molecule has 5 heteroatoms.